The van der Waals surface area contributed by atoms with Crippen LogP contribution >= 0.6 is 0 Å². The number of pyridine rings is 2. The molecular formula is C23H21N5O. The van der Waals surface area contributed by atoms with Crippen molar-refractivity contribution < 1.29 is 4.79 Å². The SMILES string of the molecule is CN1Cc2ccc(C(=O)Cc3cc4nc(-c5cnn(C)c5)ccc4cn3)cc2C1. The average molecular weight is 383 g/mol. The number of hydrogen-bond acceptors (Lipinski definition) is 5. The summed E-state index contributed by atoms with van der Waals surface area (Å²) in [5, 5.41) is 5.16. The molecule has 3 aromatic heterocycles. The minimum Gasteiger partial charge on any atom is -0.298 e. The summed E-state index contributed by atoms with van der Waals surface area (Å²) in [7, 11) is 3.97. The maximum absolute atomic E-state index is 12.8. The number of fused-ring (bicyclic) bond motifs is 2. The lowest BCUT2D eigenvalue weighted by Crippen LogP contribution is -2.07. The van der Waals surface area contributed by atoms with Crippen molar-refractivity contribution in [3.05, 3.63) is 77.4 Å². The van der Waals surface area contributed by atoms with Crippen LogP contribution in [0.25, 0.3) is 22.2 Å². The zero-order valence-electron chi connectivity index (χ0n) is 16.5. The van der Waals surface area contributed by atoms with Crippen LogP contribution < -0.4 is 0 Å². The molecule has 5 rings (SSSR count). The second-order valence-corrected chi connectivity index (χ2v) is 7.72. The predicted octanol–water partition coefficient (Wildman–Crippen LogP) is 3.40. The fraction of sp³-hybridized carbons (Fsp3) is 0.217. The highest BCUT2D eigenvalue weighted by atomic mass is 16.1. The van der Waals surface area contributed by atoms with Crippen molar-refractivity contribution in [1.29, 1.82) is 0 Å². The van der Waals surface area contributed by atoms with Crippen molar-refractivity contribution in [1.82, 2.24) is 24.6 Å². The van der Waals surface area contributed by atoms with Crippen LogP contribution in [-0.4, -0.2) is 37.5 Å². The number of carbonyl (C=O) groups is 1. The second-order valence-electron chi connectivity index (χ2n) is 7.72. The van der Waals surface area contributed by atoms with Crippen molar-refractivity contribution in [3.63, 3.8) is 0 Å². The second kappa shape index (κ2) is 6.90. The molecular weight excluding hydrogens is 362 g/mol. The zero-order valence-corrected chi connectivity index (χ0v) is 16.5. The van der Waals surface area contributed by atoms with E-state index in [-0.39, 0.29) is 12.2 Å². The van der Waals surface area contributed by atoms with Gasteiger partial charge in [-0.2, -0.15) is 5.10 Å². The summed E-state index contributed by atoms with van der Waals surface area (Å²) < 4.78 is 1.76. The topological polar surface area (TPSA) is 63.9 Å². The highest BCUT2D eigenvalue weighted by Gasteiger charge is 2.18. The molecule has 1 aliphatic rings. The van der Waals surface area contributed by atoms with Gasteiger partial charge in [-0.1, -0.05) is 12.1 Å². The van der Waals surface area contributed by atoms with Gasteiger partial charge in [-0.25, -0.2) is 4.98 Å². The molecule has 6 nitrogen and oxygen atoms in total. The minimum absolute atomic E-state index is 0.0811. The van der Waals surface area contributed by atoms with E-state index in [0.29, 0.717) is 0 Å². The van der Waals surface area contributed by atoms with Gasteiger partial charge in [0.05, 0.1) is 29.5 Å². The van der Waals surface area contributed by atoms with Crippen molar-refractivity contribution in [2.75, 3.05) is 7.05 Å². The fourth-order valence-electron chi connectivity index (χ4n) is 3.87. The number of hydrogen-bond donors (Lipinski definition) is 0. The number of aromatic nitrogens is 4. The lowest BCUT2D eigenvalue weighted by Gasteiger charge is -2.06. The maximum atomic E-state index is 12.8. The molecule has 1 aliphatic heterocycles. The standard InChI is InChI=1S/C23H21N5O/c1-27-12-17-4-3-15(7-18(17)13-27)23(29)9-20-8-22-16(10-24-20)5-6-21(26-22)19-11-25-28(2)14-19/h3-8,10-11,14H,9,12-13H2,1-2H3. The molecule has 0 N–H and O–H groups in total. The summed E-state index contributed by atoms with van der Waals surface area (Å²) in [5.41, 5.74) is 6.69. The van der Waals surface area contributed by atoms with E-state index in [1.165, 1.54) is 11.1 Å². The molecule has 144 valence electrons. The van der Waals surface area contributed by atoms with E-state index in [0.717, 1.165) is 46.5 Å². The molecule has 0 saturated heterocycles. The maximum Gasteiger partial charge on any atom is 0.168 e. The summed E-state index contributed by atoms with van der Waals surface area (Å²) >= 11 is 0. The van der Waals surface area contributed by atoms with Crippen LogP contribution in [0.5, 0.6) is 0 Å². The molecule has 1 aromatic carbocycles. The quantitative estimate of drug-likeness (QED) is 0.506. The molecule has 0 bridgehead atoms. The van der Waals surface area contributed by atoms with E-state index in [2.05, 4.69) is 28.1 Å². The summed E-state index contributed by atoms with van der Waals surface area (Å²) in [4.78, 5) is 24.3. The van der Waals surface area contributed by atoms with Crippen molar-refractivity contribution in [3.8, 4) is 11.3 Å². The summed E-state index contributed by atoms with van der Waals surface area (Å²) in [6, 6.07) is 11.9. The monoisotopic (exact) mass is 383 g/mol. The molecule has 4 aromatic rings. The number of carbonyl (C=O) groups excluding carboxylic acids is 1. The number of aryl methyl sites for hydroxylation is 1. The summed E-state index contributed by atoms with van der Waals surface area (Å²) in [6.45, 7) is 1.84. The van der Waals surface area contributed by atoms with Gasteiger partial charge in [-0.15, -0.1) is 0 Å². The molecule has 0 atom stereocenters. The van der Waals surface area contributed by atoms with E-state index >= 15 is 0 Å². The van der Waals surface area contributed by atoms with Crippen LogP contribution in [0.1, 0.15) is 27.2 Å². The van der Waals surface area contributed by atoms with Gasteiger partial charge in [0, 0.05) is 49.0 Å². The largest absolute Gasteiger partial charge is 0.298 e. The Balaban J connectivity index is 1.41. The third kappa shape index (κ3) is 3.43. The molecule has 0 aliphatic carbocycles. The van der Waals surface area contributed by atoms with Crippen LogP contribution in [0.15, 0.2) is 55.0 Å². The van der Waals surface area contributed by atoms with Crippen LogP contribution in [0.2, 0.25) is 0 Å². The third-order valence-electron chi connectivity index (χ3n) is 5.38. The number of rotatable bonds is 4. The van der Waals surface area contributed by atoms with E-state index in [9.17, 15) is 4.79 Å². The third-order valence-corrected chi connectivity index (χ3v) is 5.38. The fourth-order valence-corrected chi connectivity index (χ4v) is 3.87. The molecule has 0 spiro atoms. The molecule has 0 radical (unpaired) electrons. The predicted molar refractivity (Wildman–Crippen MR) is 111 cm³/mol. The van der Waals surface area contributed by atoms with Crippen LogP contribution in [0, 0.1) is 0 Å². The Hall–Kier alpha value is -3.38. The highest BCUT2D eigenvalue weighted by Crippen LogP contribution is 2.24. The van der Waals surface area contributed by atoms with Crippen LogP contribution in [0.4, 0.5) is 0 Å². The molecule has 0 fully saturated rings. The first-order chi connectivity index (χ1) is 14.0. The number of ketones is 1. The van der Waals surface area contributed by atoms with E-state index in [1.54, 1.807) is 17.1 Å². The van der Waals surface area contributed by atoms with E-state index in [4.69, 9.17) is 4.98 Å². The lowest BCUT2D eigenvalue weighted by atomic mass is 10.0. The number of benzene rings is 1. The van der Waals surface area contributed by atoms with Crippen molar-refractivity contribution in [2.24, 2.45) is 7.05 Å². The number of nitrogens with zero attached hydrogens (tertiary/aromatic N) is 5. The Morgan fingerprint density at radius 3 is 2.72 bits per heavy atom. The minimum atomic E-state index is 0.0811. The number of Topliss-reactive ketones (excluding diaryl/α,β-unsaturated/α-hetero) is 1. The van der Waals surface area contributed by atoms with Gasteiger partial charge in [0.2, 0.25) is 0 Å². The molecule has 0 amide bonds. The average Bonchev–Trinajstić information content (AvgIpc) is 3.31. The van der Waals surface area contributed by atoms with Gasteiger partial charge in [0.1, 0.15) is 0 Å². The molecule has 4 heterocycles. The first-order valence-electron chi connectivity index (χ1n) is 9.63. The Morgan fingerprint density at radius 1 is 1.03 bits per heavy atom. The molecule has 29 heavy (non-hydrogen) atoms. The first-order valence-corrected chi connectivity index (χ1v) is 9.63. The Morgan fingerprint density at radius 2 is 1.90 bits per heavy atom. The van der Waals surface area contributed by atoms with E-state index in [1.807, 2.05) is 43.6 Å². The Labute approximate surface area is 168 Å². The van der Waals surface area contributed by atoms with Gasteiger partial charge >= 0.3 is 0 Å². The van der Waals surface area contributed by atoms with Crippen LogP contribution in [-0.2, 0) is 26.6 Å². The first kappa shape index (κ1) is 17.7. The van der Waals surface area contributed by atoms with E-state index < -0.39 is 0 Å². The van der Waals surface area contributed by atoms with Gasteiger partial charge in [-0.05, 0) is 42.4 Å². The summed E-state index contributed by atoms with van der Waals surface area (Å²) in [6.07, 6.45) is 5.79. The van der Waals surface area contributed by atoms with Gasteiger partial charge < -0.3 is 0 Å². The highest BCUT2D eigenvalue weighted by molar-refractivity contribution is 5.98. The van der Waals surface area contributed by atoms with Crippen molar-refractivity contribution >= 4 is 16.7 Å². The Kier molecular flexibility index (Phi) is 4.21. The lowest BCUT2D eigenvalue weighted by molar-refractivity contribution is 0.0992. The van der Waals surface area contributed by atoms with Gasteiger partial charge in [-0.3, -0.25) is 19.4 Å². The zero-order chi connectivity index (χ0) is 20.0. The van der Waals surface area contributed by atoms with Crippen molar-refractivity contribution in [2.45, 2.75) is 19.5 Å². The van der Waals surface area contributed by atoms with Gasteiger partial charge in [0.15, 0.2) is 5.78 Å². The molecule has 0 saturated carbocycles. The Bertz CT molecular complexity index is 1240. The summed E-state index contributed by atoms with van der Waals surface area (Å²) in [5.74, 6) is 0.0811. The normalized spacial score (nSPS) is 13.7. The van der Waals surface area contributed by atoms with Gasteiger partial charge in [0.25, 0.3) is 0 Å². The molecule has 6 heteroatoms. The van der Waals surface area contributed by atoms with Crippen LogP contribution in [0.3, 0.4) is 0 Å². The molecule has 0 unspecified atom stereocenters. The smallest absolute Gasteiger partial charge is 0.168 e.